The second-order valence-electron chi connectivity index (χ2n) is 15.7. The number of piperidine rings is 2. The lowest BCUT2D eigenvalue weighted by molar-refractivity contribution is -0.136. The van der Waals surface area contributed by atoms with Crippen molar-refractivity contribution in [3.63, 3.8) is 0 Å². The number of aromatic nitrogens is 1. The number of imide groups is 1. The topological polar surface area (TPSA) is 92.0 Å². The smallest absolute Gasteiger partial charge is 0.255 e. The van der Waals surface area contributed by atoms with E-state index in [1.165, 1.54) is 22.6 Å². The van der Waals surface area contributed by atoms with Crippen molar-refractivity contribution in [3.8, 4) is 0 Å². The van der Waals surface area contributed by atoms with E-state index in [4.69, 9.17) is 0 Å². The van der Waals surface area contributed by atoms with Crippen LogP contribution in [-0.2, 0) is 35.6 Å². The number of nitrogens with one attached hydrogen (secondary N) is 2. The van der Waals surface area contributed by atoms with Gasteiger partial charge in [-0.2, -0.15) is 0 Å². The number of carbonyl (C=O) groups excluding carboxylic acids is 3. The van der Waals surface area contributed by atoms with Gasteiger partial charge in [0.25, 0.3) is 12.3 Å². The van der Waals surface area contributed by atoms with Gasteiger partial charge < -0.3 is 14.8 Å². The van der Waals surface area contributed by atoms with Crippen molar-refractivity contribution in [3.05, 3.63) is 99.2 Å². The molecule has 2 fully saturated rings. The van der Waals surface area contributed by atoms with Crippen LogP contribution in [0.5, 0.6) is 0 Å². The van der Waals surface area contributed by atoms with Gasteiger partial charge in [0, 0.05) is 85.1 Å². The van der Waals surface area contributed by atoms with Crippen LogP contribution in [0.4, 0.5) is 23.2 Å². The van der Waals surface area contributed by atoms with E-state index in [1.54, 1.807) is 4.90 Å². The van der Waals surface area contributed by atoms with Crippen LogP contribution >= 0.6 is 0 Å². The van der Waals surface area contributed by atoms with Crippen LogP contribution in [0.2, 0.25) is 0 Å². The molecule has 3 atom stereocenters. The molecule has 3 aromatic carbocycles. The van der Waals surface area contributed by atoms with Crippen LogP contribution < -0.4 is 10.2 Å². The third-order valence-electron chi connectivity index (χ3n) is 12.3. The highest BCUT2D eigenvalue weighted by atomic mass is 19.3. The summed E-state index contributed by atoms with van der Waals surface area (Å²) in [6.45, 7) is 5.19. The first-order valence-electron chi connectivity index (χ1n) is 18.9. The van der Waals surface area contributed by atoms with Crippen LogP contribution in [0.1, 0.15) is 82.5 Å². The average Bonchev–Trinajstić information content (AvgIpc) is 3.80. The van der Waals surface area contributed by atoms with Crippen LogP contribution in [0.25, 0.3) is 10.9 Å². The number of aromatic amines is 1. The van der Waals surface area contributed by atoms with Gasteiger partial charge in [-0.05, 0) is 85.0 Å². The zero-order chi connectivity index (χ0) is 37.4. The molecule has 1 unspecified atom stereocenters. The lowest BCUT2D eigenvalue weighted by Gasteiger charge is -2.41. The molecule has 9 rings (SSSR count). The summed E-state index contributed by atoms with van der Waals surface area (Å²) in [7, 11) is 0. The molecular weight excluding hydrogens is 700 g/mol. The number of benzene rings is 3. The number of anilines is 1. The molecule has 2 N–H and O–H groups in total. The SMILES string of the molecule is C[C@@H]1Cc2c([nH]c3ccccc23)[C@@H](c2c(F)cc(N3CCC(CN4Cc5cc6c(cc5C4)C(=O)N(C4CCC(=O)NC4=O)C6)CC3)cc2F)N1CC(F)F. The van der Waals surface area contributed by atoms with Gasteiger partial charge in [-0.25, -0.2) is 17.6 Å². The number of H-pyrrole nitrogens is 1. The van der Waals surface area contributed by atoms with Crippen molar-refractivity contribution in [2.75, 3.05) is 31.1 Å². The highest BCUT2D eigenvalue weighted by Gasteiger charge is 2.42. The number of rotatable bonds is 7. The molecule has 3 amide bonds. The summed E-state index contributed by atoms with van der Waals surface area (Å²) in [5, 5.41) is 3.29. The first kappa shape index (κ1) is 35.0. The molecule has 54 heavy (non-hydrogen) atoms. The van der Waals surface area contributed by atoms with Gasteiger partial charge in [-0.1, -0.05) is 24.3 Å². The molecule has 5 aliphatic rings. The molecule has 282 valence electrons. The van der Waals surface area contributed by atoms with E-state index in [-0.39, 0.29) is 29.8 Å². The Hall–Kier alpha value is -4.75. The van der Waals surface area contributed by atoms with Crippen molar-refractivity contribution >= 4 is 34.3 Å². The maximum absolute atomic E-state index is 16.2. The first-order chi connectivity index (χ1) is 26.0. The molecule has 2 saturated heterocycles. The Bertz CT molecular complexity index is 2160. The number of para-hydroxylation sites is 1. The van der Waals surface area contributed by atoms with Gasteiger partial charge in [0.2, 0.25) is 11.8 Å². The Kier molecular flexibility index (Phi) is 8.76. The van der Waals surface area contributed by atoms with Gasteiger partial charge in [0.1, 0.15) is 17.7 Å². The zero-order valence-electron chi connectivity index (χ0n) is 30.0. The number of halogens is 4. The van der Waals surface area contributed by atoms with Crippen molar-refractivity contribution < 1.29 is 31.9 Å². The van der Waals surface area contributed by atoms with E-state index < -0.39 is 42.6 Å². The summed E-state index contributed by atoms with van der Waals surface area (Å²) in [6.07, 6.45) is 0.0714. The van der Waals surface area contributed by atoms with E-state index >= 15 is 8.78 Å². The largest absolute Gasteiger partial charge is 0.371 e. The summed E-state index contributed by atoms with van der Waals surface area (Å²) in [5.74, 6) is -1.99. The van der Waals surface area contributed by atoms with Crippen molar-refractivity contribution in [2.45, 2.75) is 83.2 Å². The molecular formula is C41H42F4N6O3. The molecule has 6 heterocycles. The fourth-order valence-electron chi connectivity index (χ4n) is 9.69. The minimum absolute atomic E-state index is 0.171. The molecule has 0 radical (unpaired) electrons. The molecule has 0 aliphatic carbocycles. The maximum atomic E-state index is 16.2. The molecule has 1 aromatic heterocycles. The van der Waals surface area contributed by atoms with Crippen LogP contribution in [0.3, 0.4) is 0 Å². The molecule has 0 saturated carbocycles. The van der Waals surface area contributed by atoms with E-state index in [1.807, 2.05) is 42.2 Å². The monoisotopic (exact) mass is 742 g/mol. The Morgan fingerprint density at radius 2 is 1.61 bits per heavy atom. The summed E-state index contributed by atoms with van der Waals surface area (Å²) in [4.78, 5) is 48.2. The molecule has 5 aliphatic heterocycles. The fraction of sp³-hybridized carbons (Fsp3) is 0.439. The summed E-state index contributed by atoms with van der Waals surface area (Å²) in [5.41, 5.74) is 6.35. The number of fused-ring (bicyclic) bond motifs is 5. The highest BCUT2D eigenvalue weighted by molar-refractivity contribution is 6.05. The third-order valence-corrected chi connectivity index (χ3v) is 12.3. The Labute approximate surface area is 310 Å². The number of alkyl halides is 2. The number of amides is 3. The Morgan fingerprint density at radius 3 is 2.33 bits per heavy atom. The number of carbonyl (C=O) groups is 3. The third kappa shape index (κ3) is 6.05. The van der Waals surface area contributed by atoms with E-state index in [0.29, 0.717) is 61.9 Å². The normalized spacial score (nSPS) is 23.7. The van der Waals surface area contributed by atoms with E-state index in [0.717, 1.165) is 53.5 Å². The highest BCUT2D eigenvalue weighted by Crippen LogP contribution is 2.44. The van der Waals surface area contributed by atoms with E-state index in [9.17, 15) is 23.2 Å². The molecule has 13 heteroatoms. The van der Waals surface area contributed by atoms with Crippen LogP contribution in [-0.4, -0.2) is 82.1 Å². The van der Waals surface area contributed by atoms with Gasteiger partial charge in [0.05, 0.1) is 12.6 Å². The quantitative estimate of drug-likeness (QED) is 0.177. The van der Waals surface area contributed by atoms with Gasteiger partial charge >= 0.3 is 0 Å². The Morgan fingerprint density at radius 1 is 0.889 bits per heavy atom. The van der Waals surface area contributed by atoms with Crippen LogP contribution in [0, 0.1) is 17.6 Å². The standard InChI is InChI=1S/C41H42F4N6O3/c1-22-12-30-28-4-2-3-5-33(28)46-38(30)39(50(22)21-35(44)45)37-31(42)15-27(16-32(37)43)49-10-8-23(9-11-49)17-48-18-24-13-26-20-51(34-6-7-36(52)47-40(34)53)41(54)29(26)14-25(24)19-48/h2-5,13-16,22-23,34-35,39,46H,6-12,17-21H2,1H3,(H,47,52,53)/t22-,34?,39-/m1/s1. The maximum Gasteiger partial charge on any atom is 0.255 e. The number of hydrogen-bond acceptors (Lipinski definition) is 6. The second-order valence-corrected chi connectivity index (χ2v) is 15.7. The summed E-state index contributed by atoms with van der Waals surface area (Å²) < 4.78 is 60.2. The second kappa shape index (κ2) is 13.5. The van der Waals surface area contributed by atoms with Gasteiger partial charge in [-0.15, -0.1) is 0 Å². The number of nitrogens with zero attached hydrogens (tertiary/aromatic N) is 4. The van der Waals surface area contributed by atoms with E-state index in [2.05, 4.69) is 21.3 Å². The zero-order valence-corrected chi connectivity index (χ0v) is 30.0. The predicted molar refractivity (Wildman–Crippen MR) is 194 cm³/mol. The summed E-state index contributed by atoms with van der Waals surface area (Å²) >= 11 is 0. The lowest BCUT2D eigenvalue weighted by atomic mass is 9.88. The molecule has 9 nitrogen and oxygen atoms in total. The van der Waals surface area contributed by atoms with Crippen molar-refractivity contribution in [1.82, 2.24) is 25.0 Å². The fourth-order valence-corrected chi connectivity index (χ4v) is 9.69. The molecule has 0 bridgehead atoms. The lowest BCUT2D eigenvalue weighted by Crippen LogP contribution is -2.52. The minimum atomic E-state index is -2.66. The average molecular weight is 743 g/mol. The molecule has 4 aromatic rings. The van der Waals surface area contributed by atoms with Crippen LogP contribution in [0.15, 0.2) is 48.5 Å². The first-order valence-corrected chi connectivity index (χ1v) is 18.9. The number of hydrogen-bond donors (Lipinski definition) is 2. The minimum Gasteiger partial charge on any atom is -0.371 e. The summed E-state index contributed by atoms with van der Waals surface area (Å²) in [6, 6.07) is 12.4. The Balaban J connectivity index is 0.862. The van der Waals surface area contributed by atoms with Crippen molar-refractivity contribution in [2.24, 2.45) is 5.92 Å². The van der Waals surface area contributed by atoms with Crippen molar-refractivity contribution in [1.29, 1.82) is 0 Å². The van der Waals surface area contributed by atoms with Gasteiger partial charge in [0.15, 0.2) is 0 Å². The molecule has 0 spiro atoms. The van der Waals surface area contributed by atoms with Gasteiger partial charge in [-0.3, -0.25) is 29.5 Å². The predicted octanol–water partition coefficient (Wildman–Crippen LogP) is 6.04.